The number of anilines is 1. The van der Waals surface area contributed by atoms with E-state index in [9.17, 15) is 14.0 Å². The number of nitrogens with one attached hydrogen (secondary N) is 1. The minimum Gasteiger partial charge on any atom is -0.350 e. The van der Waals surface area contributed by atoms with Gasteiger partial charge in [0.2, 0.25) is 5.91 Å². The van der Waals surface area contributed by atoms with E-state index >= 15 is 0 Å². The molecule has 2 amide bonds. The Bertz CT molecular complexity index is 1580. The highest BCUT2D eigenvalue weighted by molar-refractivity contribution is 7.13. The third kappa shape index (κ3) is 5.36. The molecule has 2 aliphatic rings. The lowest BCUT2D eigenvalue weighted by Gasteiger charge is -2.45. The quantitative estimate of drug-likeness (QED) is 0.301. The van der Waals surface area contributed by atoms with Gasteiger partial charge in [0.05, 0.1) is 41.1 Å². The number of hydrogen-bond acceptors (Lipinski definition) is 8. The van der Waals surface area contributed by atoms with Crippen molar-refractivity contribution in [2.24, 2.45) is 0 Å². The highest BCUT2D eigenvalue weighted by Gasteiger charge is 2.42. The van der Waals surface area contributed by atoms with E-state index in [0.717, 1.165) is 23.7 Å². The van der Waals surface area contributed by atoms with Gasteiger partial charge in [-0.2, -0.15) is 5.10 Å². The Balaban J connectivity index is 1.35. The standard InChI is InChI=1S/C30H35FN8O2S/c1-4-36(5-2)19(3)15-32-29(40)20-13-24(22-16-33-39-11-8-23(35-28(22)39)26-7-6-12-42-26)34-27(14-20)38-10-9-25(38)30(41)37-17-21(31)18-37/h6-8,11-14,16,19,21,25H,4-5,9-10,15,17-18H2,1-3H3,(H,32,40)/t19?,25-/m0/s1. The van der Waals surface area contributed by atoms with Crippen LogP contribution in [0, 0.1) is 0 Å². The van der Waals surface area contributed by atoms with Crippen LogP contribution in [0.1, 0.15) is 37.6 Å². The van der Waals surface area contributed by atoms with Crippen LogP contribution in [0.5, 0.6) is 0 Å². The number of alkyl halides is 1. The van der Waals surface area contributed by atoms with Crippen LogP contribution in [0.25, 0.3) is 27.5 Å². The molecule has 4 aromatic rings. The maximum atomic E-state index is 13.5. The Kier molecular flexibility index (Phi) is 7.91. The fraction of sp³-hybridized carbons (Fsp3) is 0.433. The molecule has 2 fully saturated rings. The molecular formula is C30H35FN8O2S. The van der Waals surface area contributed by atoms with E-state index in [1.807, 2.05) is 34.7 Å². The highest BCUT2D eigenvalue weighted by atomic mass is 32.1. The number of amides is 2. The molecule has 0 aliphatic carbocycles. The summed E-state index contributed by atoms with van der Waals surface area (Å²) < 4.78 is 15.2. The van der Waals surface area contributed by atoms with Crippen molar-refractivity contribution in [3.05, 3.63) is 53.7 Å². The molecule has 4 aromatic heterocycles. The third-order valence-electron chi connectivity index (χ3n) is 8.23. The van der Waals surface area contributed by atoms with Crippen molar-refractivity contribution in [3.63, 3.8) is 0 Å². The SMILES string of the molecule is CCN(CC)C(C)CNC(=O)c1cc(-c2cnn3ccc(-c4cccs4)nc23)nc(N2CC[C@H]2C(=O)N2CC(F)C2)c1. The first-order valence-corrected chi connectivity index (χ1v) is 15.4. The zero-order valence-electron chi connectivity index (χ0n) is 24.0. The molecule has 0 bridgehead atoms. The van der Waals surface area contributed by atoms with Crippen molar-refractivity contribution in [1.82, 2.24) is 34.7 Å². The summed E-state index contributed by atoms with van der Waals surface area (Å²) in [6.07, 6.45) is 3.27. The first-order chi connectivity index (χ1) is 20.4. The van der Waals surface area contributed by atoms with Crippen molar-refractivity contribution >= 4 is 34.6 Å². The lowest BCUT2D eigenvalue weighted by molar-refractivity contribution is -0.141. The molecule has 6 heterocycles. The van der Waals surface area contributed by atoms with E-state index in [1.165, 1.54) is 0 Å². The van der Waals surface area contributed by atoms with Crippen molar-refractivity contribution in [3.8, 4) is 21.8 Å². The molecule has 2 saturated heterocycles. The maximum absolute atomic E-state index is 13.5. The van der Waals surface area contributed by atoms with Crippen LogP contribution in [-0.4, -0.2) is 98.7 Å². The number of aromatic nitrogens is 4. The number of hydrogen-bond donors (Lipinski definition) is 1. The average molecular weight is 591 g/mol. The van der Waals surface area contributed by atoms with Crippen molar-refractivity contribution in [2.45, 2.75) is 45.4 Å². The zero-order chi connectivity index (χ0) is 29.4. The van der Waals surface area contributed by atoms with Crippen LogP contribution in [0.4, 0.5) is 10.2 Å². The van der Waals surface area contributed by atoms with E-state index in [4.69, 9.17) is 9.97 Å². The number of likely N-dealkylation sites (N-methyl/N-ethyl adjacent to an activating group) is 1. The second kappa shape index (κ2) is 11.8. The second-order valence-electron chi connectivity index (χ2n) is 10.8. The van der Waals surface area contributed by atoms with E-state index in [1.54, 1.807) is 39.1 Å². The van der Waals surface area contributed by atoms with Gasteiger partial charge in [-0.3, -0.25) is 14.5 Å². The smallest absolute Gasteiger partial charge is 0.251 e. The first kappa shape index (κ1) is 28.2. The molecule has 0 radical (unpaired) electrons. The Morgan fingerprint density at radius 3 is 2.64 bits per heavy atom. The number of nitrogens with zero attached hydrogens (tertiary/aromatic N) is 7. The number of rotatable bonds is 10. The molecule has 0 saturated carbocycles. The summed E-state index contributed by atoms with van der Waals surface area (Å²) in [7, 11) is 0. The predicted molar refractivity (Wildman–Crippen MR) is 161 cm³/mol. The normalized spacial score (nSPS) is 17.8. The molecule has 1 unspecified atom stereocenters. The molecule has 0 aromatic carbocycles. The summed E-state index contributed by atoms with van der Waals surface area (Å²) in [6.45, 7) is 9.50. The van der Waals surface area contributed by atoms with Crippen LogP contribution >= 0.6 is 11.3 Å². The first-order valence-electron chi connectivity index (χ1n) is 14.5. The molecule has 2 aliphatic heterocycles. The number of carbonyl (C=O) groups excluding carboxylic acids is 2. The third-order valence-corrected chi connectivity index (χ3v) is 9.13. The topological polar surface area (TPSA) is 99.0 Å². The number of fused-ring (bicyclic) bond motifs is 1. The van der Waals surface area contributed by atoms with Crippen LogP contribution in [-0.2, 0) is 4.79 Å². The van der Waals surface area contributed by atoms with Gasteiger partial charge in [0.15, 0.2) is 5.65 Å². The number of likely N-dealkylation sites (tertiary alicyclic amines) is 1. The summed E-state index contributed by atoms with van der Waals surface area (Å²) in [5, 5.41) is 9.58. The molecule has 1 N–H and O–H groups in total. The molecular weight excluding hydrogens is 555 g/mol. The summed E-state index contributed by atoms with van der Waals surface area (Å²) in [6, 6.07) is 9.18. The molecule has 12 heteroatoms. The molecule has 220 valence electrons. The van der Waals surface area contributed by atoms with Crippen molar-refractivity contribution < 1.29 is 14.0 Å². The van der Waals surface area contributed by atoms with Gasteiger partial charge in [-0.05, 0) is 56.1 Å². The summed E-state index contributed by atoms with van der Waals surface area (Å²) in [4.78, 5) is 43.2. The van der Waals surface area contributed by atoms with Crippen molar-refractivity contribution in [2.75, 3.05) is 44.2 Å². The van der Waals surface area contributed by atoms with Gasteiger partial charge in [-0.15, -0.1) is 11.3 Å². The van der Waals surface area contributed by atoms with Gasteiger partial charge in [0, 0.05) is 30.9 Å². The minimum atomic E-state index is -0.958. The van der Waals surface area contributed by atoms with Gasteiger partial charge < -0.3 is 15.1 Å². The Morgan fingerprint density at radius 1 is 1.17 bits per heavy atom. The Morgan fingerprint density at radius 2 is 1.98 bits per heavy atom. The van der Waals surface area contributed by atoms with Crippen LogP contribution in [0.15, 0.2) is 48.1 Å². The van der Waals surface area contributed by atoms with Gasteiger partial charge in [0.1, 0.15) is 18.0 Å². The highest BCUT2D eigenvalue weighted by Crippen LogP contribution is 2.33. The predicted octanol–water partition coefficient (Wildman–Crippen LogP) is 3.74. The number of pyridine rings is 1. The number of thiophene rings is 1. The molecule has 42 heavy (non-hydrogen) atoms. The fourth-order valence-corrected chi connectivity index (χ4v) is 6.29. The van der Waals surface area contributed by atoms with Gasteiger partial charge in [0.25, 0.3) is 5.91 Å². The van der Waals surface area contributed by atoms with Crippen molar-refractivity contribution in [1.29, 1.82) is 0 Å². The molecule has 2 atom stereocenters. The van der Waals surface area contributed by atoms with Gasteiger partial charge in [-0.25, -0.2) is 18.9 Å². The summed E-state index contributed by atoms with van der Waals surface area (Å²) in [5.74, 6) is 0.221. The average Bonchev–Trinajstić information content (AvgIpc) is 3.64. The van der Waals surface area contributed by atoms with Crippen LogP contribution < -0.4 is 10.2 Å². The molecule has 0 spiro atoms. The fourth-order valence-electron chi connectivity index (χ4n) is 5.60. The lowest BCUT2D eigenvalue weighted by Crippen LogP contribution is -2.62. The number of halogens is 1. The zero-order valence-corrected chi connectivity index (χ0v) is 24.9. The number of carbonyl (C=O) groups is 2. The Hall–Kier alpha value is -3.90. The lowest BCUT2D eigenvalue weighted by atomic mass is 9.98. The second-order valence-corrected chi connectivity index (χ2v) is 11.8. The van der Waals surface area contributed by atoms with Gasteiger partial charge >= 0.3 is 0 Å². The van der Waals surface area contributed by atoms with Crippen LogP contribution in [0.2, 0.25) is 0 Å². The maximum Gasteiger partial charge on any atom is 0.251 e. The van der Waals surface area contributed by atoms with Crippen LogP contribution in [0.3, 0.4) is 0 Å². The summed E-state index contributed by atoms with van der Waals surface area (Å²) in [5.41, 5.74) is 3.13. The monoisotopic (exact) mass is 590 g/mol. The van der Waals surface area contributed by atoms with Gasteiger partial charge in [-0.1, -0.05) is 19.9 Å². The molecule has 10 nitrogen and oxygen atoms in total. The largest absolute Gasteiger partial charge is 0.350 e. The Labute approximate surface area is 248 Å². The van der Waals surface area contributed by atoms with E-state index in [0.29, 0.717) is 47.8 Å². The van der Waals surface area contributed by atoms with E-state index < -0.39 is 12.2 Å². The van der Waals surface area contributed by atoms with E-state index in [-0.39, 0.29) is 30.9 Å². The minimum absolute atomic E-state index is 0.0976. The molecule has 6 rings (SSSR count). The summed E-state index contributed by atoms with van der Waals surface area (Å²) >= 11 is 1.61. The van der Waals surface area contributed by atoms with E-state index in [2.05, 4.69) is 36.1 Å².